The van der Waals surface area contributed by atoms with E-state index in [0.29, 0.717) is 25.7 Å². The lowest BCUT2D eigenvalue weighted by Gasteiger charge is -2.19. The van der Waals surface area contributed by atoms with Gasteiger partial charge in [0.15, 0.2) is 0 Å². The minimum atomic E-state index is -0.591. The molecule has 156 valence electrons. The predicted molar refractivity (Wildman–Crippen MR) is 113 cm³/mol. The molecule has 1 aromatic heterocycles. The second-order valence-electron chi connectivity index (χ2n) is 7.73. The molecule has 1 aliphatic carbocycles. The summed E-state index contributed by atoms with van der Waals surface area (Å²) in [5, 5.41) is 32.9. The van der Waals surface area contributed by atoms with Crippen LogP contribution in [0.4, 0.5) is 0 Å². The van der Waals surface area contributed by atoms with E-state index in [-0.39, 0.29) is 17.7 Å². The van der Waals surface area contributed by atoms with Crippen LogP contribution in [-0.2, 0) is 11.2 Å². The zero-order valence-electron chi connectivity index (χ0n) is 16.5. The van der Waals surface area contributed by atoms with Crippen molar-refractivity contribution in [3.8, 4) is 0 Å². The molecule has 1 saturated carbocycles. The second kappa shape index (κ2) is 11.5. The van der Waals surface area contributed by atoms with Gasteiger partial charge in [-0.3, -0.25) is 4.79 Å². The van der Waals surface area contributed by atoms with Crippen LogP contribution in [0.1, 0.15) is 49.0 Å². The van der Waals surface area contributed by atoms with E-state index in [1.54, 1.807) is 17.4 Å². The highest BCUT2D eigenvalue weighted by molar-refractivity contribution is 7.10. The number of allylic oxidation sites excluding steroid dienone is 2. The fourth-order valence-electron chi connectivity index (χ4n) is 3.77. The Balaban J connectivity index is 1.81. The quantitative estimate of drug-likeness (QED) is 0.334. The molecule has 5 nitrogen and oxygen atoms in total. The average Bonchev–Trinajstić information content (AvgIpc) is 3.16. The first kappa shape index (κ1) is 22.8. The lowest BCUT2D eigenvalue weighted by molar-refractivity contribution is -0.118. The summed E-state index contributed by atoms with van der Waals surface area (Å²) in [5.74, 6) is -0.519. The first-order chi connectivity index (χ1) is 13.4. The van der Waals surface area contributed by atoms with Crippen LogP contribution in [0.15, 0.2) is 35.8 Å². The molecule has 1 aliphatic rings. The summed E-state index contributed by atoms with van der Waals surface area (Å²) in [6, 6.07) is 2.14. The fourth-order valence-corrected chi connectivity index (χ4v) is 4.51. The van der Waals surface area contributed by atoms with E-state index in [2.05, 4.69) is 18.4 Å². The Bertz CT molecular complexity index is 669. The number of amides is 1. The molecule has 5 N–H and O–H groups in total. The number of aliphatic hydroxyl groups is 3. The van der Waals surface area contributed by atoms with E-state index in [1.165, 1.54) is 10.4 Å². The van der Waals surface area contributed by atoms with Crippen LogP contribution in [0.2, 0.25) is 0 Å². The molecule has 0 aromatic carbocycles. The van der Waals surface area contributed by atoms with Crippen molar-refractivity contribution in [1.29, 1.82) is 0 Å². The minimum absolute atomic E-state index is 0.0645. The maximum absolute atomic E-state index is 10.7. The van der Waals surface area contributed by atoms with Gasteiger partial charge in [-0.1, -0.05) is 24.3 Å². The van der Waals surface area contributed by atoms with E-state index in [4.69, 9.17) is 5.73 Å². The van der Waals surface area contributed by atoms with Gasteiger partial charge in [-0.25, -0.2) is 0 Å². The SMILES string of the molecule is Cc1cc(CC[C@H](O)C=C[C@@H]2[C@@H](CC=CCCCC(N)=O)[C@@H](O)C[C@H]2O)cs1. The van der Waals surface area contributed by atoms with Crippen LogP contribution in [0.25, 0.3) is 0 Å². The van der Waals surface area contributed by atoms with Crippen LogP contribution < -0.4 is 5.73 Å². The van der Waals surface area contributed by atoms with Crippen LogP contribution in [0.5, 0.6) is 0 Å². The first-order valence-electron chi connectivity index (χ1n) is 10.1. The molecule has 1 amide bonds. The number of rotatable bonds is 11. The van der Waals surface area contributed by atoms with Gasteiger partial charge in [-0.15, -0.1) is 11.3 Å². The summed E-state index contributed by atoms with van der Waals surface area (Å²) in [7, 11) is 0. The Hall–Kier alpha value is -1.47. The van der Waals surface area contributed by atoms with Gasteiger partial charge in [0.05, 0.1) is 18.3 Å². The van der Waals surface area contributed by atoms with Crippen LogP contribution in [0.3, 0.4) is 0 Å². The third-order valence-electron chi connectivity index (χ3n) is 5.35. The zero-order chi connectivity index (χ0) is 20.5. The van der Waals surface area contributed by atoms with E-state index in [9.17, 15) is 20.1 Å². The number of aliphatic hydroxyl groups excluding tert-OH is 3. The number of hydrogen-bond acceptors (Lipinski definition) is 5. The Morgan fingerprint density at radius 2 is 2.14 bits per heavy atom. The van der Waals surface area contributed by atoms with Gasteiger partial charge in [0.2, 0.25) is 5.91 Å². The van der Waals surface area contributed by atoms with E-state index < -0.39 is 18.3 Å². The predicted octanol–water partition coefficient (Wildman–Crippen LogP) is 2.87. The summed E-state index contributed by atoms with van der Waals surface area (Å²) < 4.78 is 0. The van der Waals surface area contributed by atoms with Crippen LogP contribution in [-0.4, -0.2) is 39.5 Å². The van der Waals surface area contributed by atoms with Crippen molar-refractivity contribution in [2.75, 3.05) is 0 Å². The van der Waals surface area contributed by atoms with E-state index >= 15 is 0 Å². The summed E-state index contributed by atoms with van der Waals surface area (Å²) in [5.41, 5.74) is 6.36. The smallest absolute Gasteiger partial charge is 0.217 e. The van der Waals surface area contributed by atoms with E-state index in [0.717, 1.165) is 19.3 Å². The lowest BCUT2D eigenvalue weighted by Crippen LogP contribution is -2.20. The van der Waals surface area contributed by atoms with Crippen molar-refractivity contribution >= 4 is 17.2 Å². The molecule has 28 heavy (non-hydrogen) atoms. The van der Waals surface area contributed by atoms with Gasteiger partial charge in [-0.05, 0) is 62.0 Å². The maximum atomic E-state index is 10.7. The molecule has 0 unspecified atom stereocenters. The number of carbonyl (C=O) groups is 1. The molecule has 1 aromatic rings. The normalized spacial score (nSPS) is 26.4. The lowest BCUT2D eigenvalue weighted by atomic mass is 9.89. The first-order valence-corrected chi connectivity index (χ1v) is 10.9. The third-order valence-corrected chi connectivity index (χ3v) is 6.26. The molecular formula is C22H33NO4S. The second-order valence-corrected chi connectivity index (χ2v) is 8.85. The van der Waals surface area contributed by atoms with Gasteiger partial charge in [0.25, 0.3) is 0 Å². The van der Waals surface area contributed by atoms with Gasteiger partial charge in [0, 0.05) is 23.6 Å². The third kappa shape index (κ3) is 7.51. The number of nitrogens with two attached hydrogens (primary N) is 1. The number of thiophene rings is 1. The minimum Gasteiger partial charge on any atom is -0.393 e. The summed E-state index contributed by atoms with van der Waals surface area (Å²) in [6.07, 6.45) is 10.3. The molecule has 0 bridgehead atoms. The van der Waals surface area contributed by atoms with E-state index in [1.807, 2.05) is 18.2 Å². The molecule has 0 aliphatic heterocycles. The Kier molecular flexibility index (Phi) is 9.38. The Labute approximate surface area is 171 Å². The fraction of sp³-hybridized carbons (Fsp3) is 0.591. The average molecular weight is 408 g/mol. The van der Waals surface area contributed by atoms with Crippen LogP contribution >= 0.6 is 11.3 Å². The summed E-state index contributed by atoms with van der Waals surface area (Å²) >= 11 is 1.71. The highest BCUT2D eigenvalue weighted by atomic mass is 32.1. The highest BCUT2D eigenvalue weighted by Gasteiger charge is 2.39. The molecular weight excluding hydrogens is 374 g/mol. The number of carbonyl (C=O) groups excluding carboxylic acids is 1. The number of unbranched alkanes of at least 4 members (excludes halogenated alkanes) is 1. The van der Waals surface area contributed by atoms with Crippen molar-refractivity contribution in [2.45, 2.75) is 70.2 Å². The van der Waals surface area contributed by atoms with Crippen molar-refractivity contribution in [1.82, 2.24) is 0 Å². The Morgan fingerprint density at radius 1 is 1.36 bits per heavy atom. The summed E-state index contributed by atoms with van der Waals surface area (Å²) in [6.45, 7) is 2.07. The number of primary amides is 1. The molecule has 0 radical (unpaired) electrons. The monoisotopic (exact) mass is 407 g/mol. The maximum Gasteiger partial charge on any atom is 0.217 e. The summed E-state index contributed by atoms with van der Waals surface area (Å²) in [4.78, 5) is 12.0. The molecule has 0 saturated heterocycles. The number of aryl methyl sites for hydroxylation is 2. The van der Waals surface area contributed by atoms with Gasteiger partial charge >= 0.3 is 0 Å². The topological polar surface area (TPSA) is 104 Å². The molecule has 1 heterocycles. The molecule has 6 heteroatoms. The van der Waals surface area contributed by atoms with Gasteiger partial charge in [-0.2, -0.15) is 0 Å². The largest absolute Gasteiger partial charge is 0.393 e. The van der Waals surface area contributed by atoms with Crippen molar-refractivity contribution < 1.29 is 20.1 Å². The van der Waals surface area contributed by atoms with Gasteiger partial charge in [0.1, 0.15) is 0 Å². The Morgan fingerprint density at radius 3 is 2.82 bits per heavy atom. The van der Waals surface area contributed by atoms with Crippen molar-refractivity contribution in [3.05, 3.63) is 46.2 Å². The van der Waals surface area contributed by atoms with Crippen molar-refractivity contribution in [3.63, 3.8) is 0 Å². The zero-order valence-corrected chi connectivity index (χ0v) is 17.4. The molecule has 5 atom stereocenters. The van der Waals surface area contributed by atoms with Crippen molar-refractivity contribution in [2.24, 2.45) is 17.6 Å². The van der Waals surface area contributed by atoms with Gasteiger partial charge < -0.3 is 21.1 Å². The molecule has 1 fully saturated rings. The standard InChI is InChI=1S/C22H33NO4S/c1-15-12-16(14-28-15)8-9-17(24)10-11-19-18(20(25)13-21(19)26)6-4-2-3-5-7-22(23)27/h2,4,10-12,14,17-21,24-26H,3,5-9,13H2,1H3,(H2,23,27)/t17-,18+,19+,20-,21+/m0/s1. The number of hydrogen-bond donors (Lipinski definition) is 4. The van der Waals surface area contributed by atoms with Crippen LogP contribution in [0, 0.1) is 18.8 Å². The molecule has 0 spiro atoms. The highest BCUT2D eigenvalue weighted by Crippen LogP contribution is 2.36. The molecule has 2 rings (SSSR count).